The zero-order chi connectivity index (χ0) is 31.0. The Morgan fingerprint density at radius 1 is 1.05 bits per heavy atom. The maximum atomic E-state index is 14.8. The lowest BCUT2D eigenvalue weighted by molar-refractivity contribution is -0.167. The van der Waals surface area contributed by atoms with Crippen molar-refractivity contribution in [2.45, 2.75) is 63.1 Å². The molecule has 42 heavy (non-hydrogen) atoms. The molecule has 10 nitrogen and oxygen atoms in total. The third-order valence-corrected chi connectivity index (χ3v) is 9.05. The highest BCUT2D eigenvalue weighted by atomic mass is 32.2. The Morgan fingerprint density at radius 2 is 1.69 bits per heavy atom. The third-order valence-electron chi connectivity index (χ3n) is 7.14. The van der Waals surface area contributed by atoms with Crippen molar-refractivity contribution in [3.05, 3.63) is 77.5 Å². The van der Waals surface area contributed by atoms with Crippen molar-refractivity contribution in [1.82, 2.24) is 8.87 Å². The number of carbonyl (C=O) groups excluding carboxylic acids is 3. The van der Waals surface area contributed by atoms with Crippen LogP contribution in [0, 0.1) is 6.92 Å². The summed E-state index contributed by atoms with van der Waals surface area (Å²) in [4.78, 5) is 41.2. The molecule has 0 saturated heterocycles. The molecule has 0 N–H and O–H groups in total. The van der Waals surface area contributed by atoms with Gasteiger partial charge in [-0.25, -0.2) is 22.8 Å². The van der Waals surface area contributed by atoms with Crippen LogP contribution in [0.15, 0.2) is 71.1 Å². The fourth-order valence-electron chi connectivity index (χ4n) is 5.31. The van der Waals surface area contributed by atoms with Crippen LogP contribution in [0.5, 0.6) is 0 Å². The second-order valence-corrected chi connectivity index (χ2v) is 12.9. The average Bonchev–Trinajstić information content (AvgIpc) is 3.27. The van der Waals surface area contributed by atoms with Gasteiger partial charge in [0.1, 0.15) is 5.60 Å². The third kappa shape index (κ3) is 5.34. The van der Waals surface area contributed by atoms with E-state index in [1.54, 1.807) is 64.4 Å². The normalized spacial score (nSPS) is 19.7. The summed E-state index contributed by atoms with van der Waals surface area (Å²) in [6.45, 7) is 8.25. The van der Waals surface area contributed by atoms with Crippen molar-refractivity contribution in [2.75, 3.05) is 13.7 Å². The Labute approximate surface area is 245 Å². The van der Waals surface area contributed by atoms with Gasteiger partial charge in [-0.2, -0.15) is 4.31 Å². The smallest absolute Gasteiger partial charge is 0.335 e. The van der Waals surface area contributed by atoms with Crippen LogP contribution in [0.2, 0.25) is 0 Å². The number of rotatable bonds is 7. The Hall–Kier alpha value is -3.96. The summed E-state index contributed by atoms with van der Waals surface area (Å²) in [5.41, 5.74) is -1.64. The molecule has 0 saturated carbocycles. The first kappa shape index (κ1) is 31.0. The SMILES string of the molecule is CCOC(=O)C1=CC[C@](C(=O)OC)(c2cc3ccccc3n2C)N(S(=O)(=O)c2ccc(C)cc2)[C@@H]1C(=O)OC(C)(C)C. The summed E-state index contributed by atoms with van der Waals surface area (Å²) in [6, 6.07) is 13.1. The molecule has 2 heterocycles. The summed E-state index contributed by atoms with van der Waals surface area (Å²) in [5, 5.41) is 0.736. The monoisotopic (exact) mass is 596 g/mol. The molecule has 1 aromatic heterocycles. The summed E-state index contributed by atoms with van der Waals surface area (Å²) < 4.78 is 48.2. The number of aromatic nitrogens is 1. The number of esters is 3. The minimum absolute atomic E-state index is 0.0206. The maximum absolute atomic E-state index is 14.8. The zero-order valence-corrected chi connectivity index (χ0v) is 25.7. The van der Waals surface area contributed by atoms with Crippen molar-refractivity contribution in [2.24, 2.45) is 7.05 Å². The first-order valence-electron chi connectivity index (χ1n) is 13.5. The molecule has 0 bridgehead atoms. The summed E-state index contributed by atoms with van der Waals surface area (Å²) >= 11 is 0. The summed E-state index contributed by atoms with van der Waals surface area (Å²) in [6.07, 6.45) is 1.06. The van der Waals surface area contributed by atoms with Gasteiger partial charge in [0.15, 0.2) is 11.6 Å². The summed E-state index contributed by atoms with van der Waals surface area (Å²) in [5.74, 6) is -2.87. The van der Waals surface area contributed by atoms with Crippen LogP contribution in [0.25, 0.3) is 10.9 Å². The number of ether oxygens (including phenoxy) is 3. The molecule has 2 atom stereocenters. The average molecular weight is 597 g/mol. The molecule has 2 aromatic carbocycles. The van der Waals surface area contributed by atoms with Crippen molar-refractivity contribution < 1.29 is 37.0 Å². The van der Waals surface area contributed by atoms with E-state index in [0.29, 0.717) is 0 Å². The molecular formula is C31H36N2O8S. The summed E-state index contributed by atoms with van der Waals surface area (Å²) in [7, 11) is -1.86. The van der Waals surface area contributed by atoms with E-state index in [0.717, 1.165) is 27.9 Å². The first-order chi connectivity index (χ1) is 19.7. The highest BCUT2D eigenvalue weighted by molar-refractivity contribution is 7.89. The minimum Gasteiger partial charge on any atom is -0.467 e. The molecule has 1 aliphatic heterocycles. The highest BCUT2D eigenvalue weighted by Gasteiger charge is 2.62. The fraction of sp³-hybridized carbons (Fsp3) is 0.387. The van der Waals surface area contributed by atoms with E-state index in [9.17, 15) is 22.8 Å². The van der Waals surface area contributed by atoms with Crippen LogP contribution < -0.4 is 0 Å². The molecule has 0 spiro atoms. The standard InChI is InChI=1S/C31H36N2O8S/c1-8-40-27(34)23-17-18-31(29(36)39-7,25-19-21-11-9-10-12-24(21)32(25)6)33(26(23)28(35)41-30(3,4)5)42(37,38)22-15-13-20(2)14-16-22/h9-17,19,26H,8,18H2,1-7H3/t26-,31+/m0/s1. The number of fused-ring (bicyclic) bond motifs is 1. The predicted molar refractivity (Wildman–Crippen MR) is 156 cm³/mol. The number of nitrogens with zero attached hydrogens (tertiary/aromatic N) is 2. The zero-order valence-electron chi connectivity index (χ0n) is 24.8. The van der Waals surface area contributed by atoms with Crippen molar-refractivity contribution in [1.29, 1.82) is 0 Å². The lowest BCUT2D eigenvalue weighted by atomic mass is 9.83. The minimum atomic E-state index is -4.71. The molecule has 1 aliphatic rings. The van der Waals surface area contributed by atoms with E-state index in [1.807, 2.05) is 24.3 Å². The lowest BCUT2D eigenvalue weighted by Crippen LogP contribution is -2.64. The van der Waals surface area contributed by atoms with Gasteiger partial charge in [-0.3, -0.25) is 0 Å². The van der Waals surface area contributed by atoms with E-state index < -0.39 is 45.1 Å². The van der Waals surface area contributed by atoms with Crippen LogP contribution >= 0.6 is 0 Å². The first-order valence-corrected chi connectivity index (χ1v) is 15.0. The van der Waals surface area contributed by atoms with Crippen molar-refractivity contribution >= 4 is 38.8 Å². The van der Waals surface area contributed by atoms with Crippen LogP contribution in [0.1, 0.15) is 45.4 Å². The van der Waals surface area contributed by atoms with Gasteiger partial charge in [0.05, 0.1) is 29.9 Å². The Morgan fingerprint density at radius 3 is 2.26 bits per heavy atom. The Balaban J connectivity index is 2.15. The Kier molecular flexibility index (Phi) is 8.39. The highest BCUT2D eigenvalue weighted by Crippen LogP contribution is 2.46. The van der Waals surface area contributed by atoms with Gasteiger partial charge >= 0.3 is 17.9 Å². The van der Waals surface area contributed by atoms with Gasteiger partial charge in [0.25, 0.3) is 0 Å². The quantitative estimate of drug-likeness (QED) is 0.295. The van der Waals surface area contributed by atoms with Crippen LogP contribution in [-0.2, 0) is 51.2 Å². The number of para-hydroxylation sites is 1. The molecule has 0 unspecified atom stereocenters. The van der Waals surface area contributed by atoms with Crippen LogP contribution in [0.3, 0.4) is 0 Å². The number of aryl methyl sites for hydroxylation is 2. The van der Waals surface area contributed by atoms with E-state index in [1.165, 1.54) is 18.2 Å². The molecule has 224 valence electrons. The van der Waals surface area contributed by atoms with Gasteiger partial charge in [-0.1, -0.05) is 42.0 Å². The number of methoxy groups -OCH3 is 1. The van der Waals surface area contributed by atoms with Gasteiger partial charge in [0, 0.05) is 19.0 Å². The largest absolute Gasteiger partial charge is 0.467 e. The molecule has 4 rings (SSSR count). The van der Waals surface area contributed by atoms with E-state index in [-0.39, 0.29) is 29.2 Å². The molecule has 0 aliphatic carbocycles. The Bertz CT molecular complexity index is 1660. The number of carbonyl (C=O) groups is 3. The molecule has 11 heteroatoms. The maximum Gasteiger partial charge on any atom is 0.335 e. The number of hydrogen-bond donors (Lipinski definition) is 0. The fourth-order valence-corrected chi connectivity index (χ4v) is 7.15. The van der Waals surface area contributed by atoms with E-state index >= 15 is 0 Å². The van der Waals surface area contributed by atoms with Gasteiger partial charge in [-0.05, 0) is 64.3 Å². The molecule has 0 amide bonds. The molecule has 3 aromatic rings. The van der Waals surface area contributed by atoms with Crippen LogP contribution in [0.4, 0.5) is 0 Å². The lowest BCUT2D eigenvalue weighted by Gasteiger charge is -2.46. The second-order valence-electron chi connectivity index (χ2n) is 11.1. The topological polar surface area (TPSA) is 121 Å². The number of sulfonamides is 1. The molecule has 0 fully saturated rings. The number of hydrogen-bond acceptors (Lipinski definition) is 8. The van der Waals surface area contributed by atoms with Gasteiger partial charge in [-0.15, -0.1) is 0 Å². The van der Waals surface area contributed by atoms with Crippen LogP contribution in [-0.4, -0.2) is 60.6 Å². The van der Waals surface area contributed by atoms with Gasteiger partial charge in [0.2, 0.25) is 10.0 Å². The second kappa shape index (κ2) is 11.4. The van der Waals surface area contributed by atoms with Gasteiger partial charge < -0.3 is 18.8 Å². The van der Waals surface area contributed by atoms with E-state index in [2.05, 4.69) is 0 Å². The van der Waals surface area contributed by atoms with Crippen molar-refractivity contribution in [3.63, 3.8) is 0 Å². The molecular weight excluding hydrogens is 560 g/mol. The van der Waals surface area contributed by atoms with Crippen molar-refractivity contribution in [3.8, 4) is 0 Å². The number of benzene rings is 2. The van der Waals surface area contributed by atoms with E-state index in [4.69, 9.17) is 14.2 Å². The molecule has 0 radical (unpaired) electrons. The predicted octanol–water partition coefficient (Wildman–Crippen LogP) is 4.15.